The van der Waals surface area contributed by atoms with Crippen LogP contribution in [-0.4, -0.2) is 0 Å². The van der Waals surface area contributed by atoms with Crippen molar-refractivity contribution in [1.29, 1.82) is 0 Å². The largest absolute Gasteiger partial charge is 0.456 e. The van der Waals surface area contributed by atoms with Crippen molar-refractivity contribution in [2.45, 2.75) is 0 Å². The van der Waals surface area contributed by atoms with Crippen LogP contribution in [0.5, 0.6) is 0 Å². The molecule has 0 aliphatic rings. The van der Waals surface area contributed by atoms with E-state index in [1.807, 2.05) is 104 Å². The van der Waals surface area contributed by atoms with Gasteiger partial charge < -0.3 is 8.83 Å². The van der Waals surface area contributed by atoms with Crippen molar-refractivity contribution >= 4 is 264 Å². The van der Waals surface area contributed by atoms with Gasteiger partial charge in [-0.2, -0.15) is 0 Å². The third kappa shape index (κ3) is 14.6. The molecule has 9 heterocycles. The van der Waals surface area contributed by atoms with E-state index in [0.717, 1.165) is 49.4 Å². The standard InChI is InChI=1S/C48H28OS2.C48H28S3.C42H24OS2/c1-3-20-41-37(14-1)40-28-30(24-25-42(40)49-41)29-10-5-11-31(26-29)34-16-8-22-44-46(34)47-35(17-9-23-45(47)50-44)32-12-6-13-33(27-32)36-18-7-19-39-38-15-2-4-21-43(38)51-48(36)39;1-3-11-41-37(7-1)39-25-23-33(27-45(39)49-41)29-15-19-31(20-16-29)35-9-5-13-43-47(35)48-36(10-6-14-44(48)51-43)32-21-17-30(18-22-32)34-24-26-40-38-8-2-4-12-42(38)50-46(40)28-34;1-3-14-35-31(10-1)32-20-18-26(24-36(32)43-35)25-8-5-9-27(22-25)29-12-6-16-39-41(29)42-30(13-7-17-40(42)45-39)28-19-21-38-34(23-28)33-11-2-4-15-37(33)44-38/h2*1-28H;1-24H. The van der Waals surface area contributed by atoms with E-state index >= 15 is 0 Å². The molecule has 686 valence electrons. The summed E-state index contributed by atoms with van der Waals surface area (Å²) < 4.78 is 30.9. The second kappa shape index (κ2) is 35.0. The fourth-order valence-corrected chi connectivity index (χ4v) is 30.9. The third-order valence-corrected chi connectivity index (χ3v) is 37.7. The molecule has 147 heavy (non-hydrogen) atoms. The number of hydrogen-bond donors (Lipinski definition) is 0. The maximum Gasteiger partial charge on any atom is 0.136 e. The molecule has 0 spiro atoms. The molecule has 23 aromatic carbocycles. The molecule has 0 atom stereocenters. The van der Waals surface area contributed by atoms with Crippen molar-refractivity contribution < 1.29 is 8.83 Å². The predicted molar refractivity (Wildman–Crippen MR) is 644 cm³/mol. The fraction of sp³-hybridized carbons (Fsp3) is 0. The van der Waals surface area contributed by atoms with Crippen LogP contribution in [0.15, 0.2) is 494 Å². The van der Waals surface area contributed by atoms with Gasteiger partial charge in [0.2, 0.25) is 0 Å². The van der Waals surface area contributed by atoms with Gasteiger partial charge in [-0.15, -0.1) is 79.4 Å². The molecule has 0 bridgehead atoms. The van der Waals surface area contributed by atoms with E-state index in [4.69, 9.17) is 8.83 Å². The van der Waals surface area contributed by atoms with Crippen LogP contribution in [0.3, 0.4) is 0 Å². The molecule has 0 fully saturated rings. The number of hydrogen-bond acceptors (Lipinski definition) is 9. The molecule has 0 saturated carbocycles. The Morgan fingerprint density at radius 3 is 0.823 bits per heavy atom. The summed E-state index contributed by atoms with van der Waals surface area (Å²) in [4.78, 5) is 0. The molecular weight excluding hydrogens is 1910 g/mol. The van der Waals surface area contributed by atoms with Crippen molar-refractivity contribution in [3.05, 3.63) is 485 Å². The summed E-state index contributed by atoms with van der Waals surface area (Å²) in [5.41, 5.74) is 31.0. The minimum absolute atomic E-state index is 0.919. The molecule has 32 aromatic rings. The minimum Gasteiger partial charge on any atom is -0.456 e. The first-order valence-corrected chi connectivity index (χ1v) is 55.4. The van der Waals surface area contributed by atoms with Gasteiger partial charge in [0.15, 0.2) is 0 Å². The summed E-state index contributed by atoms with van der Waals surface area (Å²) in [7, 11) is 0. The molecule has 0 saturated heterocycles. The van der Waals surface area contributed by atoms with Crippen LogP contribution < -0.4 is 0 Å². The highest BCUT2D eigenvalue weighted by atomic mass is 32.1. The van der Waals surface area contributed by atoms with E-state index < -0.39 is 0 Å². The lowest BCUT2D eigenvalue weighted by Gasteiger charge is -2.11. The third-order valence-electron chi connectivity index (χ3n) is 29.7. The Morgan fingerprint density at radius 1 is 0.109 bits per heavy atom. The van der Waals surface area contributed by atoms with Crippen molar-refractivity contribution in [2.24, 2.45) is 0 Å². The van der Waals surface area contributed by atoms with Crippen molar-refractivity contribution in [3.63, 3.8) is 0 Å². The average molecular weight is 1990 g/mol. The van der Waals surface area contributed by atoms with Crippen LogP contribution in [0.25, 0.3) is 307 Å². The van der Waals surface area contributed by atoms with Crippen LogP contribution in [0.2, 0.25) is 0 Å². The summed E-state index contributed by atoms with van der Waals surface area (Å²) in [6.45, 7) is 0. The molecule has 0 amide bonds. The molecule has 0 radical (unpaired) electrons. The number of rotatable bonds is 11. The summed E-state index contributed by atoms with van der Waals surface area (Å²) in [6, 6.07) is 178. The molecule has 32 rings (SSSR count). The van der Waals surface area contributed by atoms with E-state index in [-0.39, 0.29) is 0 Å². The first-order chi connectivity index (χ1) is 72.8. The normalized spacial score (nSPS) is 11.9. The zero-order valence-corrected chi connectivity index (χ0v) is 84.6. The molecular formula is C138H80O2S7. The number of furan rings is 2. The van der Waals surface area contributed by atoms with Crippen LogP contribution in [0.1, 0.15) is 0 Å². The second-order valence-electron chi connectivity index (χ2n) is 38.1. The van der Waals surface area contributed by atoms with Crippen LogP contribution >= 0.6 is 79.4 Å². The number of benzene rings is 23. The zero-order chi connectivity index (χ0) is 96.4. The van der Waals surface area contributed by atoms with Gasteiger partial charge in [-0.25, -0.2) is 0 Å². The van der Waals surface area contributed by atoms with Gasteiger partial charge in [-0.3, -0.25) is 0 Å². The highest BCUT2D eigenvalue weighted by molar-refractivity contribution is 7.28. The summed E-state index contributed by atoms with van der Waals surface area (Å²) in [6.07, 6.45) is 0. The van der Waals surface area contributed by atoms with Crippen molar-refractivity contribution in [2.75, 3.05) is 0 Å². The molecule has 0 N–H and O–H groups in total. The Balaban J connectivity index is 0.000000102. The molecule has 0 aliphatic heterocycles. The quantitative estimate of drug-likeness (QED) is 0.129. The van der Waals surface area contributed by atoms with E-state index in [0.29, 0.717) is 0 Å². The lowest BCUT2D eigenvalue weighted by Crippen LogP contribution is -1.85. The Labute approximate surface area is 873 Å². The number of thiophene rings is 7. The summed E-state index contributed by atoms with van der Waals surface area (Å²) in [5, 5.41) is 23.3. The lowest BCUT2D eigenvalue weighted by atomic mass is 9.92. The van der Waals surface area contributed by atoms with Crippen LogP contribution in [0, 0.1) is 0 Å². The predicted octanol–water partition coefficient (Wildman–Crippen LogP) is 43.8. The molecule has 0 unspecified atom stereocenters. The molecule has 9 aromatic heterocycles. The monoisotopic (exact) mass is 1990 g/mol. The summed E-state index contributed by atoms with van der Waals surface area (Å²) in [5.74, 6) is 0. The Hall–Kier alpha value is -16.8. The maximum atomic E-state index is 6.23. The fourth-order valence-electron chi connectivity index (χ4n) is 22.8. The topological polar surface area (TPSA) is 26.3 Å². The van der Waals surface area contributed by atoms with Crippen molar-refractivity contribution in [1.82, 2.24) is 0 Å². The van der Waals surface area contributed by atoms with E-state index in [9.17, 15) is 0 Å². The maximum absolute atomic E-state index is 6.23. The number of para-hydroxylation sites is 2. The Kier molecular flexibility index (Phi) is 20.4. The van der Waals surface area contributed by atoms with Gasteiger partial charge in [0.05, 0.1) is 0 Å². The summed E-state index contributed by atoms with van der Waals surface area (Å²) >= 11 is 13.2. The first-order valence-electron chi connectivity index (χ1n) is 49.6. The van der Waals surface area contributed by atoms with E-state index in [1.165, 1.54) is 258 Å². The SMILES string of the molecule is c1cc(-c2ccc3c(c2)oc2ccccc23)cc(-c2cccc3sc4cccc(-c5ccc6sc7ccccc7c6c5)c4c23)c1.c1cc(-c2ccc3oc4ccccc4c3c2)cc(-c2cccc3sc4cccc(-c5cccc(-c6cccc7c6sc6ccccc67)c5)c4c23)c1.c1ccc2c(c1)sc1cc(-c3ccc(-c4cccc5sc6cccc(-c7ccc(-c8ccc9c(c8)sc8ccccc89)cc7)c6c45)cc3)ccc12. The smallest absolute Gasteiger partial charge is 0.136 e. The molecule has 9 heteroatoms. The van der Waals surface area contributed by atoms with E-state index in [2.05, 4.69) is 461 Å². The second-order valence-corrected chi connectivity index (χ2v) is 45.7. The average Bonchev–Trinajstić information content (AvgIpc) is 1.58. The Morgan fingerprint density at radius 2 is 0.354 bits per heavy atom. The van der Waals surface area contributed by atoms with Crippen LogP contribution in [-0.2, 0) is 0 Å². The minimum atomic E-state index is 0.919. The highest BCUT2D eigenvalue weighted by Crippen LogP contribution is 2.53. The van der Waals surface area contributed by atoms with Crippen LogP contribution in [0.4, 0.5) is 0 Å². The van der Waals surface area contributed by atoms with Crippen molar-refractivity contribution in [3.8, 4) is 122 Å². The highest BCUT2D eigenvalue weighted by Gasteiger charge is 2.24. The van der Waals surface area contributed by atoms with Gasteiger partial charge in [0, 0.05) is 163 Å². The van der Waals surface area contributed by atoms with Gasteiger partial charge in [-0.05, 0) is 262 Å². The number of fused-ring (bicyclic) bond motifs is 27. The van der Waals surface area contributed by atoms with E-state index in [1.54, 1.807) is 0 Å². The first kappa shape index (κ1) is 85.8. The van der Waals surface area contributed by atoms with Gasteiger partial charge in [-0.1, -0.05) is 346 Å². The Bertz CT molecular complexity index is 10800. The molecule has 2 nitrogen and oxygen atoms in total. The molecule has 0 aliphatic carbocycles. The van der Waals surface area contributed by atoms with Gasteiger partial charge in [0.25, 0.3) is 0 Å². The van der Waals surface area contributed by atoms with Gasteiger partial charge in [0.1, 0.15) is 22.3 Å². The zero-order valence-electron chi connectivity index (χ0n) is 78.9. The van der Waals surface area contributed by atoms with Gasteiger partial charge >= 0.3 is 0 Å². The lowest BCUT2D eigenvalue weighted by molar-refractivity contribution is 0.668.